The third-order valence-electron chi connectivity index (χ3n) is 4.06. The highest BCUT2D eigenvalue weighted by atomic mass is 32.2. The number of thioether (sulfide) groups is 1. The van der Waals surface area contributed by atoms with Crippen LogP contribution in [0.25, 0.3) is 5.57 Å². The van der Waals surface area contributed by atoms with Crippen molar-refractivity contribution in [3.63, 3.8) is 0 Å². The summed E-state index contributed by atoms with van der Waals surface area (Å²) in [4.78, 5) is 27.2. The lowest BCUT2D eigenvalue weighted by molar-refractivity contribution is -0.136. The first-order valence-electron chi connectivity index (χ1n) is 8.26. The van der Waals surface area contributed by atoms with E-state index in [0.717, 1.165) is 5.56 Å². The fourth-order valence-electron chi connectivity index (χ4n) is 2.79. The number of carbonyl (C=O) groups excluding carboxylic acids is 2. The van der Waals surface area contributed by atoms with Crippen LogP contribution >= 0.6 is 11.8 Å². The van der Waals surface area contributed by atoms with Crippen LogP contribution in [0.5, 0.6) is 0 Å². The molecule has 1 N–H and O–H groups in total. The Hall–Kier alpha value is -2.44. The van der Waals surface area contributed by atoms with Crippen molar-refractivity contribution >= 4 is 29.1 Å². The van der Waals surface area contributed by atoms with Crippen molar-refractivity contribution in [2.45, 2.75) is 6.42 Å². The fraction of sp³-hybridized carbons (Fsp3) is 0.200. The van der Waals surface area contributed by atoms with Gasteiger partial charge in [-0.2, -0.15) is 0 Å². The summed E-state index contributed by atoms with van der Waals surface area (Å²) in [5.41, 5.74) is 1.92. The van der Waals surface area contributed by atoms with E-state index >= 15 is 0 Å². The summed E-state index contributed by atoms with van der Waals surface area (Å²) >= 11 is 1.19. The van der Waals surface area contributed by atoms with Crippen LogP contribution < -0.4 is 0 Å². The Morgan fingerprint density at radius 1 is 0.962 bits per heavy atom. The van der Waals surface area contributed by atoms with Crippen LogP contribution in [-0.2, 0) is 16.0 Å². The molecule has 4 nitrogen and oxygen atoms in total. The Morgan fingerprint density at radius 3 is 2.31 bits per heavy atom. The summed E-state index contributed by atoms with van der Waals surface area (Å²) in [6.07, 6.45) is 0.456. The number of aliphatic hydroxyl groups is 1. The van der Waals surface area contributed by atoms with E-state index in [0.29, 0.717) is 28.2 Å². The molecule has 3 rings (SSSR count). The van der Waals surface area contributed by atoms with Crippen molar-refractivity contribution in [3.8, 4) is 0 Å². The molecular weight excluding hydrogens is 353 g/mol. The van der Waals surface area contributed by atoms with Gasteiger partial charge in [0, 0.05) is 12.3 Å². The standard InChI is InChI=1S/C20H18FNO3S/c21-16-8-6-14(7-9-16)10-11-22-19(24)17(15-4-2-1-3-5-15)18(20(22)25)26-13-12-23/h1-9,23H,10-13H2. The van der Waals surface area contributed by atoms with Gasteiger partial charge in [-0.15, -0.1) is 11.8 Å². The van der Waals surface area contributed by atoms with Gasteiger partial charge in [-0.3, -0.25) is 14.5 Å². The maximum atomic E-state index is 13.0. The number of rotatable bonds is 7. The number of amides is 2. The van der Waals surface area contributed by atoms with Crippen molar-refractivity contribution < 1.29 is 19.1 Å². The molecule has 0 saturated heterocycles. The van der Waals surface area contributed by atoms with Gasteiger partial charge >= 0.3 is 0 Å². The number of imide groups is 1. The zero-order valence-electron chi connectivity index (χ0n) is 14.0. The van der Waals surface area contributed by atoms with E-state index in [1.807, 2.05) is 18.2 Å². The first-order valence-corrected chi connectivity index (χ1v) is 9.24. The van der Waals surface area contributed by atoms with Gasteiger partial charge in [0.05, 0.1) is 17.1 Å². The molecule has 1 heterocycles. The summed E-state index contributed by atoms with van der Waals surface area (Å²) in [7, 11) is 0. The third kappa shape index (κ3) is 3.86. The number of nitrogens with zero attached hydrogens (tertiary/aromatic N) is 1. The molecule has 0 saturated carbocycles. The van der Waals surface area contributed by atoms with E-state index in [1.165, 1.54) is 28.8 Å². The van der Waals surface area contributed by atoms with Gasteiger partial charge in [-0.25, -0.2) is 4.39 Å². The molecule has 0 aromatic heterocycles. The molecule has 2 amide bonds. The lowest BCUT2D eigenvalue weighted by Gasteiger charge is -2.15. The van der Waals surface area contributed by atoms with Gasteiger partial charge in [0.2, 0.25) is 0 Å². The molecule has 2 aromatic rings. The number of aliphatic hydroxyl groups excluding tert-OH is 1. The minimum atomic E-state index is -0.339. The average molecular weight is 371 g/mol. The van der Waals surface area contributed by atoms with Crippen molar-refractivity contribution in [3.05, 3.63) is 76.4 Å². The van der Waals surface area contributed by atoms with E-state index in [1.54, 1.807) is 24.3 Å². The second-order valence-electron chi connectivity index (χ2n) is 5.78. The SMILES string of the molecule is O=C1C(SCCO)=C(c2ccccc2)C(=O)N1CCc1ccc(F)cc1. The Labute approximate surface area is 155 Å². The van der Waals surface area contributed by atoms with E-state index in [-0.39, 0.29) is 30.8 Å². The van der Waals surface area contributed by atoms with Gasteiger partial charge < -0.3 is 5.11 Å². The van der Waals surface area contributed by atoms with Crippen LogP contribution in [0.15, 0.2) is 59.5 Å². The Morgan fingerprint density at radius 2 is 1.65 bits per heavy atom. The average Bonchev–Trinajstić information content (AvgIpc) is 2.90. The summed E-state index contributed by atoms with van der Waals surface area (Å²) < 4.78 is 13.0. The first kappa shape index (κ1) is 18.4. The Kier molecular flexibility index (Phi) is 5.85. The molecule has 0 aliphatic carbocycles. The highest BCUT2D eigenvalue weighted by Gasteiger charge is 2.38. The molecule has 26 heavy (non-hydrogen) atoms. The second-order valence-corrected chi connectivity index (χ2v) is 6.89. The summed E-state index contributed by atoms with van der Waals surface area (Å²) in [6, 6.07) is 15.1. The van der Waals surface area contributed by atoms with Crippen molar-refractivity contribution in [2.24, 2.45) is 0 Å². The van der Waals surface area contributed by atoms with Crippen LogP contribution in [0.4, 0.5) is 4.39 Å². The van der Waals surface area contributed by atoms with Crippen molar-refractivity contribution in [2.75, 3.05) is 18.9 Å². The van der Waals surface area contributed by atoms with Crippen molar-refractivity contribution in [1.29, 1.82) is 0 Å². The van der Waals surface area contributed by atoms with E-state index in [2.05, 4.69) is 0 Å². The molecule has 0 bridgehead atoms. The zero-order valence-corrected chi connectivity index (χ0v) is 14.8. The quantitative estimate of drug-likeness (QED) is 0.761. The predicted octanol–water partition coefficient (Wildman–Crippen LogP) is 2.87. The normalized spacial score (nSPS) is 14.5. The Balaban J connectivity index is 1.82. The van der Waals surface area contributed by atoms with Gasteiger partial charge in [0.1, 0.15) is 5.82 Å². The molecule has 0 fully saturated rings. The third-order valence-corrected chi connectivity index (χ3v) is 5.12. The molecule has 1 aliphatic heterocycles. The van der Waals surface area contributed by atoms with Gasteiger partial charge in [0.15, 0.2) is 0 Å². The summed E-state index contributed by atoms with van der Waals surface area (Å²) in [5, 5.41) is 9.09. The minimum Gasteiger partial charge on any atom is -0.396 e. The van der Waals surface area contributed by atoms with Crippen LogP contribution in [0.2, 0.25) is 0 Å². The van der Waals surface area contributed by atoms with Crippen molar-refractivity contribution in [1.82, 2.24) is 4.90 Å². The number of hydrogen-bond acceptors (Lipinski definition) is 4. The summed E-state index contributed by atoms with van der Waals surface area (Å²) in [5.74, 6) is -0.646. The number of hydrogen-bond donors (Lipinski definition) is 1. The van der Waals surface area contributed by atoms with Crippen LogP contribution in [0.3, 0.4) is 0 Å². The number of carbonyl (C=O) groups is 2. The van der Waals surface area contributed by atoms with Crippen LogP contribution in [0, 0.1) is 5.82 Å². The topological polar surface area (TPSA) is 57.6 Å². The molecular formula is C20H18FNO3S. The number of halogens is 1. The molecule has 0 spiro atoms. The predicted molar refractivity (Wildman–Crippen MR) is 99.7 cm³/mol. The molecule has 2 aromatic carbocycles. The molecule has 1 aliphatic rings. The maximum absolute atomic E-state index is 13.0. The smallest absolute Gasteiger partial charge is 0.267 e. The highest BCUT2D eigenvalue weighted by Crippen LogP contribution is 2.35. The molecule has 0 atom stereocenters. The van der Waals surface area contributed by atoms with Gasteiger partial charge in [0.25, 0.3) is 11.8 Å². The summed E-state index contributed by atoms with van der Waals surface area (Å²) in [6.45, 7) is 0.149. The number of benzene rings is 2. The Bertz CT molecular complexity index is 834. The monoisotopic (exact) mass is 371 g/mol. The molecule has 134 valence electrons. The minimum absolute atomic E-state index is 0.0761. The van der Waals surface area contributed by atoms with Gasteiger partial charge in [-0.1, -0.05) is 42.5 Å². The zero-order chi connectivity index (χ0) is 18.5. The van der Waals surface area contributed by atoms with E-state index in [4.69, 9.17) is 5.11 Å². The molecule has 0 radical (unpaired) electrons. The maximum Gasteiger partial charge on any atom is 0.267 e. The van der Waals surface area contributed by atoms with E-state index in [9.17, 15) is 14.0 Å². The lowest BCUT2D eigenvalue weighted by atomic mass is 10.1. The fourth-order valence-corrected chi connectivity index (χ4v) is 3.67. The largest absolute Gasteiger partial charge is 0.396 e. The van der Waals surface area contributed by atoms with Gasteiger partial charge in [-0.05, 0) is 29.7 Å². The van der Waals surface area contributed by atoms with E-state index < -0.39 is 0 Å². The second kappa shape index (κ2) is 8.29. The van der Waals surface area contributed by atoms with Crippen LogP contribution in [0.1, 0.15) is 11.1 Å². The molecule has 6 heteroatoms. The first-order chi connectivity index (χ1) is 12.6. The lowest BCUT2D eigenvalue weighted by Crippen LogP contribution is -2.33. The van der Waals surface area contributed by atoms with Crippen LogP contribution in [-0.4, -0.2) is 40.7 Å². The highest BCUT2D eigenvalue weighted by molar-refractivity contribution is 8.04. The molecule has 0 unspecified atom stereocenters.